The summed E-state index contributed by atoms with van der Waals surface area (Å²) in [5.41, 5.74) is 1.66. The van der Waals surface area contributed by atoms with E-state index < -0.39 is 5.92 Å². The van der Waals surface area contributed by atoms with Gasteiger partial charge in [0.2, 0.25) is 5.92 Å². The van der Waals surface area contributed by atoms with Crippen molar-refractivity contribution in [2.24, 2.45) is 5.92 Å². The molecule has 0 N–H and O–H groups in total. The van der Waals surface area contributed by atoms with Crippen molar-refractivity contribution in [2.45, 2.75) is 38.4 Å². The second-order valence-corrected chi connectivity index (χ2v) is 5.39. The lowest BCUT2D eigenvalue weighted by atomic mass is 9.79. The van der Waals surface area contributed by atoms with Crippen LogP contribution in [0.5, 0.6) is 0 Å². The lowest BCUT2D eigenvalue weighted by molar-refractivity contribution is -0.110. The van der Waals surface area contributed by atoms with Crippen LogP contribution in [0.3, 0.4) is 0 Å². The fraction of sp³-hybridized carbons (Fsp3) is 0.538. The molecule has 0 atom stereocenters. The molecule has 2 aromatic rings. The summed E-state index contributed by atoms with van der Waals surface area (Å²) in [5, 5.41) is 3.85. The van der Waals surface area contributed by atoms with Gasteiger partial charge in [-0.2, -0.15) is 4.98 Å². The van der Waals surface area contributed by atoms with Gasteiger partial charge in [-0.1, -0.05) is 5.16 Å². The molecule has 106 valence electrons. The zero-order valence-corrected chi connectivity index (χ0v) is 10.6. The molecule has 1 aliphatic heterocycles. The van der Waals surface area contributed by atoms with Crippen LogP contribution < -0.4 is 0 Å². The third-order valence-corrected chi connectivity index (χ3v) is 3.80. The Labute approximate surface area is 112 Å². The molecule has 1 fully saturated rings. The smallest absolute Gasteiger partial charge is 0.261 e. The predicted molar refractivity (Wildman–Crippen MR) is 61.9 cm³/mol. The number of hydrogen-bond acceptors (Lipinski definition) is 5. The number of rotatable bonds is 3. The van der Waals surface area contributed by atoms with E-state index in [4.69, 9.17) is 13.7 Å². The highest BCUT2D eigenvalue weighted by molar-refractivity contribution is 5.58. The molecule has 7 heteroatoms. The van der Waals surface area contributed by atoms with Crippen LogP contribution in [0.1, 0.15) is 30.0 Å². The number of fused-ring (bicyclic) bond motifs is 1. The Bertz CT molecular complexity index is 642. The zero-order valence-electron chi connectivity index (χ0n) is 10.6. The van der Waals surface area contributed by atoms with Gasteiger partial charge in [0.05, 0.1) is 12.2 Å². The molecule has 20 heavy (non-hydrogen) atoms. The Hall–Kier alpha value is -1.76. The van der Waals surface area contributed by atoms with Crippen molar-refractivity contribution < 1.29 is 22.5 Å². The molecule has 0 unspecified atom stereocenters. The van der Waals surface area contributed by atoms with Crippen molar-refractivity contribution >= 4 is 0 Å². The minimum Gasteiger partial charge on any atom is -0.466 e. The maximum absolute atomic E-state index is 12.8. The lowest BCUT2D eigenvalue weighted by Gasteiger charge is -2.34. The number of furan rings is 1. The first-order chi connectivity index (χ1) is 9.61. The summed E-state index contributed by atoms with van der Waals surface area (Å²) in [7, 11) is 0. The molecule has 2 aromatic heterocycles. The minimum absolute atomic E-state index is 0.0613. The second-order valence-electron chi connectivity index (χ2n) is 5.39. The quantitative estimate of drug-likeness (QED) is 0.866. The first-order valence-corrected chi connectivity index (χ1v) is 6.48. The van der Waals surface area contributed by atoms with E-state index >= 15 is 0 Å². The standard InChI is InChI=1S/C13H12F2N2O3/c14-13(15)2-7(3-13)1-11-16-12(20-17-11)9-5-19-10-6-18-4-8(9)10/h5,7H,1-4,6H2. The number of alkyl halides is 2. The monoisotopic (exact) mass is 282 g/mol. The fourth-order valence-electron chi connectivity index (χ4n) is 2.76. The highest BCUT2D eigenvalue weighted by atomic mass is 19.3. The summed E-state index contributed by atoms with van der Waals surface area (Å²) in [6.45, 7) is 0.918. The van der Waals surface area contributed by atoms with Gasteiger partial charge in [0.25, 0.3) is 5.89 Å². The molecule has 1 saturated carbocycles. The Morgan fingerprint density at radius 3 is 2.95 bits per heavy atom. The van der Waals surface area contributed by atoms with Gasteiger partial charge in [-0.15, -0.1) is 0 Å². The topological polar surface area (TPSA) is 61.3 Å². The largest absolute Gasteiger partial charge is 0.466 e. The molecule has 0 radical (unpaired) electrons. The van der Waals surface area contributed by atoms with Gasteiger partial charge in [-0.05, 0) is 5.92 Å². The third-order valence-electron chi connectivity index (χ3n) is 3.80. The van der Waals surface area contributed by atoms with Crippen LogP contribution in [0.25, 0.3) is 11.5 Å². The SMILES string of the molecule is FC1(F)CC(Cc2noc(-c3coc4c3COC4)n2)C1. The first-order valence-electron chi connectivity index (χ1n) is 6.48. The van der Waals surface area contributed by atoms with Gasteiger partial charge >= 0.3 is 0 Å². The van der Waals surface area contributed by atoms with Crippen LogP contribution in [-0.2, 0) is 24.4 Å². The van der Waals surface area contributed by atoms with E-state index in [9.17, 15) is 8.78 Å². The molecule has 0 spiro atoms. The van der Waals surface area contributed by atoms with Crippen molar-refractivity contribution in [3.63, 3.8) is 0 Å². The minimum atomic E-state index is -2.51. The molecular weight excluding hydrogens is 270 g/mol. The molecule has 0 aromatic carbocycles. The number of hydrogen-bond donors (Lipinski definition) is 0. The van der Waals surface area contributed by atoms with Gasteiger partial charge in [0.1, 0.15) is 18.6 Å². The summed E-state index contributed by atoms with van der Waals surface area (Å²) in [6.07, 6.45) is 1.81. The summed E-state index contributed by atoms with van der Waals surface area (Å²) in [6, 6.07) is 0. The summed E-state index contributed by atoms with van der Waals surface area (Å²) in [4.78, 5) is 4.26. The highest BCUT2D eigenvalue weighted by Crippen LogP contribution is 2.43. The van der Waals surface area contributed by atoms with Crippen LogP contribution in [0.4, 0.5) is 8.78 Å². The average Bonchev–Trinajstić information content (AvgIpc) is 3.00. The molecular formula is C13H12F2N2O3. The number of ether oxygens (including phenoxy) is 1. The van der Waals surface area contributed by atoms with E-state index in [0.717, 1.165) is 16.9 Å². The molecule has 0 bridgehead atoms. The molecule has 2 aliphatic rings. The average molecular weight is 282 g/mol. The zero-order chi connectivity index (χ0) is 13.7. The molecule has 0 saturated heterocycles. The third kappa shape index (κ3) is 1.93. The van der Waals surface area contributed by atoms with Crippen LogP contribution in [0, 0.1) is 5.92 Å². The van der Waals surface area contributed by atoms with Crippen LogP contribution >= 0.6 is 0 Å². The Balaban J connectivity index is 1.51. The number of nitrogens with zero attached hydrogens (tertiary/aromatic N) is 2. The van der Waals surface area contributed by atoms with Crippen LogP contribution in [0.15, 0.2) is 15.2 Å². The van der Waals surface area contributed by atoms with E-state index in [0.29, 0.717) is 31.3 Å². The van der Waals surface area contributed by atoms with E-state index in [1.807, 2.05) is 0 Å². The maximum atomic E-state index is 12.8. The van der Waals surface area contributed by atoms with Crippen molar-refractivity contribution in [3.05, 3.63) is 23.4 Å². The lowest BCUT2D eigenvalue weighted by Crippen LogP contribution is -2.36. The van der Waals surface area contributed by atoms with Gasteiger partial charge in [-0.3, -0.25) is 0 Å². The van der Waals surface area contributed by atoms with Crippen molar-refractivity contribution in [3.8, 4) is 11.5 Å². The van der Waals surface area contributed by atoms with E-state index in [1.54, 1.807) is 6.26 Å². The second kappa shape index (κ2) is 4.12. The first kappa shape index (κ1) is 12.0. The predicted octanol–water partition coefficient (Wildman–Crippen LogP) is 2.95. The van der Waals surface area contributed by atoms with Crippen molar-refractivity contribution in [1.29, 1.82) is 0 Å². The summed E-state index contributed by atoms with van der Waals surface area (Å²) in [5.74, 6) is -0.969. The van der Waals surface area contributed by atoms with E-state index in [1.165, 1.54) is 0 Å². The number of aromatic nitrogens is 2. The summed E-state index contributed by atoms with van der Waals surface area (Å²) >= 11 is 0. The van der Waals surface area contributed by atoms with E-state index in [-0.39, 0.29) is 18.8 Å². The molecule has 0 amide bonds. The van der Waals surface area contributed by atoms with Crippen molar-refractivity contribution in [2.75, 3.05) is 0 Å². The maximum Gasteiger partial charge on any atom is 0.261 e. The van der Waals surface area contributed by atoms with Gasteiger partial charge < -0.3 is 13.7 Å². The molecule has 1 aliphatic carbocycles. The van der Waals surface area contributed by atoms with Gasteiger partial charge in [-0.25, -0.2) is 8.78 Å². The molecule has 4 rings (SSSR count). The highest BCUT2D eigenvalue weighted by Gasteiger charge is 2.45. The van der Waals surface area contributed by atoms with Crippen molar-refractivity contribution in [1.82, 2.24) is 10.1 Å². The van der Waals surface area contributed by atoms with E-state index in [2.05, 4.69) is 10.1 Å². The van der Waals surface area contributed by atoms with Gasteiger partial charge in [0, 0.05) is 24.8 Å². The normalized spacial score (nSPS) is 20.9. The Morgan fingerprint density at radius 1 is 1.30 bits per heavy atom. The Kier molecular flexibility index (Phi) is 2.47. The van der Waals surface area contributed by atoms with Crippen LogP contribution in [-0.4, -0.2) is 16.1 Å². The fourth-order valence-corrected chi connectivity index (χ4v) is 2.76. The van der Waals surface area contributed by atoms with Gasteiger partial charge in [0.15, 0.2) is 5.82 Å². The summed E-state index contributed by atoms with van der Waals surface area (Å²) < 4.78 is 41.4. The van der Waals surface area contributed by atoms with Crippen LogP contribution in [0.2, 0.25) is 0 Å². The number of halogens is 2. The molecule has 3 heterocycles. The molecule has 5 nitrogen and oxygen atoms in total. The Morgan fingerprint density at radius 2 is 2.15 bits per heavy atom.